The Morgan fingerprint density at radius 2 is 0.627 bits per heavy atom. The van der Waals surface area contributed by atoms with E-state index in [9.17, 15) is 10.2 Å². The van der Waals surface area contributed by atoms with Gasteiger partial charge in [-0.05, 0) is 31.5 Å². The Morgan fingerprint density at radius 3 is 0.843 bits per heavy atom. The average Bonchev–Trinajstić information content (AvgIpc) is 3.14. The molecule has 0 saturated carbocycles. The smallest absolute Gasteiger partial charge is 0.165 e. The van der Waals surface area contributed by atoms with E-state index in [0.717, 1.165) is 24.3 Å². The van der Waals surface area contributed by atoms with Crippen molar-refractivity contribution in [1.82, 2.24) is 0 Å². The van der Waals surface area contributed by atoms with Crippen LogP contribution in [-0.4, -0.2) is 34.6 Å². The van der Waals surface area contributed by atoms with Gasteiger partial charge in [-0.1, -0.05) is 252 Å². The highest BCUT2D eigenvalue weighted by atomic mass is 32.1. The molecule has 0 fully saturated rings. The molecule has 0 spiro atoms. The van der Waals surface area contributed by atoms with Gasteiger partial charge in [-0.3, -0.25) is 0 Å². The predicted octanol–water partition coefficient (Wildman–Crippen LogP) is 15.9. The number of hydrogen-bond acceptors (Lipinski definition) is 4. The van der Waals surface area contributed by atoms with Gasteiger partial charge in [-0.15, -0.1) is 0 Å². The zero-order valence-electron chi connectivity index (χ0n) is 35.3. The third-order valence-electron chi connectivity index (χ3n) is 11.6. The van der Waals surface area contributed by atoms with Gasteiger partial charge < -0.3 is 14.9 Å². The van der Waals surface area contributed by atoms with Crippen LogP contribution in [0.5, 0.6) is 0 Å². The van der Waals surface area contributed by atoms with E-state index in [2.05, 4.69) is 20.8 Å². The lowest BCUT2D eigenvalue weighted by molar-refractivity contribution is 0.0439. The molecule has 0 heterocycles. The van der Waals surface area contributed by atoms with Crippen molar-refractivity contribution in [2.45, 2.75) is 277 Å². The minimum absolute atomic E-state index is 0.0695. The Hall–Kier alpha value is -0.190. The molecule has 4 heteroatoms. The van der Waals surface area contributed by atoms with Gasteiger partial charge in [0.25, 0.3) is 0 Å². The molecule has 0 aromatic rings. The van der Waals surface area contributed by atoms with Crippen molar-refractivity contribution in [2.75, 3.05) is 13.2 Å². The lowest BCUT2D eigenvalue weighted by Crippen LogP contribution is -2.34. The Morgan fingerprint density at radius 1 is 0.412 bits per heavy atom. The van der Waals surface area contributed by atoms with Gasteiger partial charge in [-0.2, -0.15) is 0 Å². The van der Waals surface area contributed by atoms with E-state index in [1.165, 1.54) is 231 Å². The molecule has 306 valence electrons. The van der Waals surface area contributed by atoms with E-state index in [1.54, 1.807) is 0 Å². The van der Waals surface area contributed by atoms with E-state index in [-0.39, 0.29) is 18.6 Å². The van der Waals surface area contributed by atoms with Crippen LogP contribution in [0.15, 0.2) is 0 Å². The van der Waals surface area contributed by atoms with Crippen molar-refractivity contribution in [2.24, 2.45) is 5.41 Å². The normalized spacial score (nSPS) is 12.5. The quantitative estimate of drug-likeness (QED) is 0.0483. The highest BCUT2D eigenvalue weighted by molar-refractivity contribution is 7.80. The molecule has 0 aliphatic carbocycles. The highest BCUT2D eigenvalue weighted by Crippen LogP contribution is 2.40. The maximum Gasteiger partial charge on any atom is 0.165 e. The minimum atomic E-state index is -0.856. The molecule has 0 aromatic heterocycles. The summed E-state index contributed by atoms with van der Waals surface area (Å²) < 4.78 is 6.15. The van der Waals surface area contributed by atoms with Crippen molar-refractivity contribution in [3.05, 3.63) is 0 Å². The fraction of sp³-hybridized carbons (Fsp3) is 0.979. The van der Waals surface area contributed by atoms with E-state index >= 15 is 0 Å². The summed E-state index contributed by atoms with van der Waals surface area (Å²) in [5.74, 6) is 0. The molecule has 1 atom stereocenters. The molecular weight excluding hydrogens is 645 g/mol. The lowest BCUT2D eigenvalue weighted by Gasteiger charge is -2.35. The summed E-state index contributed by atoms with van der Waals surface area (Å²) in [6, 6.07) is 0. The first kappa shape index (κ1) is 50.8. The van der Waals surface area contributed by atoms with Crippen LogP contribution in [0.25, 0.3) is 0 Å². The molecule has 0 bridgehead atoms. The van der Waals surface area contributed by atoms with Gasteiger partial charge in [0.05, 0.1) is 6.61 Å². The van der Waals surface area contributed by atoms with Crippen molar-refractivity contribution >= 4 is 17.3 Å². The summed E-state index contributed by atoms with van der Waals surface area (Å²) >= 11 is 6.10. The van der Waals surface area contributed by atoms with E-state index in [0.29, 0.717) is 0 Å². The van der Waals surface area contributed by atoms with Crippen molar-refractivity contribution in [3.8, 4) is 0 Å². The van der Waals surface area contributed by atoms with Gasteiger partial charge in [0.1, 0.15) is 12.7 Å². The number of aliphatic hydroxyl groups excluding tert-OH is 2. The second-order valence-electron chi connectivity index (χ2n) is 16.6. The Labute approximate surface area is 327 Å². The molecule has 0 unspecified atom stereocenters. The second kappa shape index (κ2) is 41.0. The summed E-state index contributed by atoms with van der Waals surface area (Å²) in [5, 5.41) is 20.3. The van der Waals surface area contributed by atoms with Gasteiger partial charge in [0.2, 0.25) is 0 Å². The molecular formula is C47H94O3S. The molecule has 2 N–H and O–H groups in total. The third-order valence-corrected chi connectivity index (χ3v) is 12.1. The van der Waals surface area contributed by atoms with Crippen LogP contribution in [0.3, 0.4) is 0 Å². The van der Waals surface area contributed by atoms with Crippen LogP contribution < -0.4 is 0 Å². The van der Waals surface area contributed by atoms with Crippen molar-refractivity contribution < 1.29 is 14.9 Å². The topological polar surface area (TPSA) is 49.7 Å². The van der Waals surface area contributed by atoms with Crippen molar-refractivity contribution in [1.29, 1.82) is 0 Å². The first-order valence-corrected chi connectivity index (χ1v) is 23.9. The van der Waals surface area contributed by atoms with Crippen LogP contribution in [-0.2, 0) is 4.74 Å². The number of hydrogen-bond donors (Lipinski definition) is 2. The van der Waals surface area contributed by atoms with Gasteiger partial charge in [0, 0.05) is 5.41 Å². The maximum absolute atomic E-state index is 10.1. The molecule has 0 aliphatic heterocycles. The Balaban J connectivity index is 4.89. The lowest BCUT2D eigenvalue weighted by atomic mass is 9.74. The van der Waals surface area contributed by atoms with Crippen molar-refractivity contribution in [3.63, 3.8) is 0 Å². The standard InChI is InChI=1S/C47H94O3S/c1-4-7-10-13-16-19-22-25-28-31-34-37-40-47(46(51)50-44-45(49)43-48,41-38-35-32-29-26-23-20-17-14-11-8-5-2)42-39-36-33-30-27-24-21-18-15-12-9-6-3/h45,48-49H,4-44H2,1-3H3/t45-/m1/s1. The van der Waals surface area contributed by atoms with Crippen LogP contribution >= 0.6 is 12.2 Å². The largest absolute Gasteiger partial charge is 0.484 e. The van der Waals surface area contributed by atoms with Crippen LogP contribution in [0.2, 0.25) is 0 Å². The van der Waals surface area contributed by atoms with Crippen LogP contribution in [0, 0.1) is 5.41 Å². The maximum atomic E-state index is 10.1. The first-order chi connectivity index (χ1) is 25.1. The van der Waals surface area contributed by atoms with E-state index in [1.807, 2.05) is 0 Å². The highest BCUT2D eigenvalue weighted by Gasteiger charge is 2.35. The fourth-order valence-corrected chi connectivity index (χ4v) is 8.35. The number of thiocarbonyl (C=S) groups is 1. The average molecular weight is 739 g/mol. The van der Waals surface area contributed by atoms with E-state index < -0.39 is 6.10 Å². The number of ether oxygens (including phenoxy) is 1. The SMILES string of the molecule is CCCCCCCCCCCCCCC(CCCCCCCCCCCCCC)(CCCCCCCCCCCCCC)C(=S)OC[C@H](O)CO. The number of aliphatic hydroxyl groups is 2. The summed E-state index contributed by atoms with van der Waals surface area (Å²) in [5.41, 5.74) is -0.0695. The number of rotatable bonds is 43. The summed E-state index contributed by atoms with van der Waals surface area (Å²) in [4.78, 5) is 0. The third kappa shape index (κ3) is 34.1. The minimum Gasteiger partial charge on any atom is -0.484 e. The summed E-state index contributed by atoms with van der Waals surface area (Å²) in [6.45, 7) is 6.74. The van der Waals surface area contributed by atoms with Gasteiger partial charge in [-0.25, -0.2) is 0 Å². The molecule has 0 radical (unpaired) electrons. The molecule has 0 rings (SSSR count). The summed E-state index contributed by atoms with van der Waals surface area (Å²) in [6.07, 6.45) is 51.7. The molecule has 0 saturated heterocycles. The number of unbranched alkanes of at least 4 members (excludes halogenated alkanes) is 33. The zero-order valence-corrected chi connectivity index (χ0v) is 36.1. The Kier molecular flexibility index (Phi) is 40.8. The Bertz CT molecular complexity index is 613. The predicted molar refractivity (Wildman–Crippen MR) is 231 cm³/mol. The van der Waals surface area contributed by atoms with Gasteiger partial charge >= 0.3 is 0 Å². The van der Waals surface area contributed by atoms with Crippen LogP contribution in [0.4, 0.5) is 0 Å². The monoisotopic (exact) mass is 739 g/mol. The molecule has 0 aliphatic rings. The first-order valence-electron chi connectivity index (χ1n) is 23.5. The summed E-state index contributed by atoms with van der Waals surface area (Å²) in [7, 11) is 0. The molecule has 51 heavy (non-hydrogen) atoms. The van der Waals surface area contributed by atoms with E-state index in [4.69, 9.17) is 17.0 Å². The molecule has 0 aromatic carbocycles. The fourth-order valence-electron chi connectivity index (χ4n) is 7.97. The van der Waals surface area contributed by atoms with Gasteiger partial charge in [0.15, 0.2) is 5.05 Å². The molecule has 0 amide bonds. The second-order valence-corrected chi connectivity index (χ2v) is 17.0. The zero-order chi connectivity index (χ0) is 37.4. The van der Waals surface area contributed by atoms with Crippen LogP contribution in [0.1, 0.15) is 271 Å². The molecule has 3 nitrogen and oxygen atoms in total.